The molecule has 3 aromatic rings. The number of pyridine rings is 1. The van der Waals surface area contributed by atoms with Crippen molar-refractivity contribution >= 4 is 509 Å². The highest BCUT2D eigenvalue weighted by Gasteiger charge is 2.64. The highest BCUT2D eigenvalue weighted by Crippen LogP contribution is 2.37. The van der Waals surface area contributed by atoms with Crippen LogP contribution in [0.3, 0.4) is 0 Å². The summed E-state index contributed by atoms with van der Waals surface area (Å²) >= 11 is 5.85. The average molecular weight is 1180 g/mol. The Morgan fingerprint density at radius 2 is 0.714 bits per heavy atom. The normalized spacial score (nSPS) is 11.8. The molecule has 1 aromatic heterocycles. The van der Waals surface area contributed by atoms with Crippen molar-refractivity contribution in [2.75, 3.05) is 4.31 Å². The molecule has 0 saturated heterocycles. The third-order valence-electron chi connectivity index (χ3n) is 19.7. The van der Waals surface area contributed by atoms with Gasteiger partial charge in [-0.2, -0.15) is 0 Å². The summed E-state index contributed by atoms with van der Waals surface area (Å²) in [6.45, 7) is 1.92. The molecule has 0 N–H and O–H groups in total. The molecule has 0 aliphatic carbocycles. The topological polar surface area (TPSA) is 50.3 Å². The number of fused-ring (bicyclic) bond motifs is 1. The highest BCUT2D eigenvalue weighted by molar-refractivity contribution is 8.39. The van der Waals surface area contributed by atoms with Gasteiger partial charge in [0.1, 0.15) is 5.82 Å². The Hall–Kier alpha value is 1.98. The number of sulfonamides is 1. The van der Waals surface area contributed by atoms with Crippen molar-refractivity contribution in [1.82, 2.24) is 4.98 Å². The van der Waals surface area contributed by atoms with Gasteiger partial charge < -0.3 is 0 Å². The van der Waals surface area contributed by atoms with Gasteiger partial charge in [-0.25, -0.2) is 12.8 Å². The largest absolute Gasteiger partial charge is 0.264 e. The van der Waals surface area contributed by atoms with Gasteiger partial charge in [-0.3, -0.25) is 9.29 Å². The van der Waals surface area contributed by atoms with E-state index in [1.54, 1.807) is 54.7 Å². The molecule has 2 aromatic carbocycles. The summed E-state index contributed by atoms with van der Waals surface area (Å²) in [6.07, 6.45) is -46.7. The molecule has 0 spiro atoms. The predicted octanol–water partition coefficient (Wildman–Crippen LogP) is -20.6. The lowest BCUT2D eigenvalue weighted by molar-refractivity contribution is 0.513. The van der Waals surface area contributed by atoms with Crippen LogP contribution in [0.15, 0.2) is 65.7 Å². The minimum atomic E-state index is -3.78. The fourth-order valence-corrected chi connectivity index (χ4v) is 17.6. The van der Waals surface area contributed by atoms with Crippen molar-refractivity contribution in [3.63, 3.8) is 0 Å². The number of aromatic nitrogens is 1. The summed E-state index contributed by atoms with van der Waals surface area (Å²) in [6, 6.07) is 14.7. The van der Waals surface area contributed by atoms with E-state index in [0.717, 1.165) is 11.3 Å². The summed E-state index contributed by atoms with van der Waals surface area (Å²) in [7, 11) is 231. The zero-order valence-electron chi connectivity index (χ0n) is 55.8. The van der Waals surface area contributed by atoms with E-state index >= 15 is 0 Å². The van der Waals surface area contributed by atoms with E-state index in [1.807, 2.05) is 6.92 Å². The molecule has 2 heterocycles. The first-order chi connectivity index (χ1) is 45.2. The van der Waals surface area contributed by atoms with Gasteiger partial charge in [0.15, 0.2) is 0 Å². The zero-order valence-corrected chi connectivity index (χ0v) is 57.4. The number of anilines is 1. The van der Waals surface area contributed by atoms with Crippen LogP contribution in [0.2, 0.25) is 5.02 Å². The number of hydrogen-bond donors (Lipinski definition) is 0. The number of rotatable bonds is 37. The molecule has 0 bridgehead atoms. The van der Waals surface area contributed by atoms with E-state index in [2.05, 4.69) is 4.98 Å². The van der Waals surface area contributed by atoms with E-state index < -0.39 is 221 Å². The lowest BCUT2D eigenvalue weighted by Gasteiger charge is -2.60. The van der Waals surface area contributed by atoms with Crippen LogP contribution < -0.4 is 4.31 Å². The minimum Gasteiger partial charge on any atom is -0.261 e. The maximum atomic E-state index is 14.3. The maximum absolute atomic E-state index is 14.3. The fourth-order valence-electron chi connectivity index (χ4n) is 15.7. The molecular formula is C23H22B68ClFN2O2S. The summed E-state index contributed by atoms with van der Waals surface area (Å²) in [5.41, 5.74) is 2.89. The molecule has 1 atom stereocenters. The second-order valence-electron chi connectivity index (χ2n) is 26.6. The quantitative estimate of drug-likeness (QED) is 0.0541. The lowest BCUT2D eigenvalue weighted by atomic mass is 8.21. The van der Waals surface area contributed by atoms with Crippen LogP contribution in [0.25, 0.3) is 0 Å². The third-order valence-corrected chi connectivity index (χ3v) is 21.8. The van der Waals surface area contributed by atoms with Gasteiger partial charge in [0.2, 0.25) is 0 Å². The molecule has 98 heavy (non-hydrogen) atoms. The molecular weight excluding hydrogens is 1160 g/mol. The molecule has 4 rings (SSSR count). The highest BCUT2D eigenvalue weighted by atomic mass is 35.5. The number of halogens is 2. The first kappa shape index (κ1) is 94.2. The SMILES string of the molecule is Cc1ccc(S(=O)(=O)N2c3cccnc3CCC2CCc2ccc(Cl)cc2F)cc1.[B]B([B])B([B])B(B(B([B])[B])B([B])[B])B(B(B([B])[B])B([B])[B])B(B(B(B([B])[B])B([B])[B])B(B([B])[B])B([B])[B])B(B(B(B([B])[B])B([B])[B])B(B([B])[B])B([B])[B])B(B(B([B])[B])B([B])[B])B(B([B])[B])B([B])[B]. The van der Waals surface area contributed by atoms with E-state index in [9.17, 15) is 12.8 Å². The van der Waals surface area contributed by atoms with Gasteiger partial charge in [-0.15, -0.1) is 0 Å². The molecule has 1 aliphatic heterocycles. The van der Waals surface area contributed by atoms with Crippen molar-refractivity contribution < 1.29 is 12.8 Å². The van der Waals surface area contributed by atoms with Crippen molar-refractivity contribution in [3.8, 4) is 0 Å². The Morgan fingerprint density at radius 1 is 0.418 bits per heavy atom. The van der Waals surface area contributed by atoms with E-state index in [4.69, 9.17) is 282 Å². The summed E-state index contributed by atoms with van der Waals surface area (Å²) in [5.74, 6) is -0.367. The average Bonchev–Trinajstić information content (AvgIpc) is 0.722. The first-order valence-electron chi connectivity index (χ1n) is 32.2. The van der Waals surface area contributed by atoms with Gasteiger partial charge in [0, 0.05) is 499 Å². The van der Waals surface area contributed by atoms with Gasteiger partial charge >= 0.3 is 0 Å². The van der Waals surface area contributed by atoms with Crippen molar-refractivity contribution in [3.05, 3.63) is 88.5 Å². The standard InChI is InChI=1S/C23H22ClFN2O2S.B68/c1-16-4-11-20(12-5-16)30(28,29)27-19(10-13-22-23(27)3-2-14-26-22)9-7-17-6-8-18(24)15-21(17)25;1-36(2)53(35)62(54(37(3)4)38(5)6)66(61(51(31)32)52(33)34)68(65(59(47(23)24)48(25)26)60(49(27)28)50(29)30)67(63(55(39(7)8)40(9)10)56(41(11)12)42(13)14)64(57(43(15)16)44(17)18)58(45(19)20)46(21)22/h2-6,8,11-12,14-15,19H,7,9-10,13H2,1H3;. The lowest BCUT2D eigenvalue weighted by Crippen LogP contribution is -2.98. The monoisotopic (exact) mass is 1190 g/mol. The number of benzene rings is 2. The van der Waals surface area contributed by atoms with E-state index in [-0.39, 0.29) is 16.8 Å². The Balaban J connectivity index is 0.000000680. The Morgan fingerprint density at radius 3 is 1.01 bits per heavy atom. The Labute approximate surface area is 656 Å². The molecule has 0 amide bonds. The molecule has 70 radical (unpaired) electrons. The van der Waals surface area contributed by atoms with Crippen LogP contribution in [0, 0.1) is 12.7 Å². The van der Waals surface area contributed by atoms with Gasteiger partial charge in [0.25, 0.3) is 10.0 Å². The number of nitrogens with zero attached hydrogens (tertiary/aromatic N) is 2. The Bertz CT molecular complexity index is 2750. The molecule has 75 heteroatoms. The van der Waals surface area contributed by atoms with Crippen LogP contribution in [0.1, 0.15) is 29.7 Å². The molecule has 1 aliphatic rings. The summed E-state index contributed by atoms with van der Waals surface area (Å²) < 4.78 is 42.9. The maximum Gasteiger partial charge on any atom is 0.264 e. The smallest absolute Gasteiger partial charge is 0.261 e. The summed E-state index contributed by atoms with van der Waals surface area (Å²) in [4.78, 5) is 4.63. The third kappa shape index (κ3) is 24.5. The second-order valence-corrected chi connectivity index (χ2v) is 28.9. The van der Waals surface area contributed by atoms with Crippen molar-refractivity contribution in [1.29, 1.82) is 0 Å². The van der Waals surface area contributed by atoms with Crippen LogP contribution >= 0.6 is 11.6 Å². The van der Waals surface area contributed by atoms with Crippen LogP contribution in [0.5, 0.6) is 0 Å². The minimum absolute atomic E-state index is 0.243. The predicted molar refractivity (Wildman–Crippen MR) is 508 cm³/mol. The number of hydrogen-bond acceptors (Lipinski definition) is 3. The van der Waals surface area contributed by atoms with Crippen molar-refractivity contribution in [2.24, 2.45) is 0 Å². The molecule has 0 fully saturated rings. The van der Waals surface area contributed by atoms with Crippen LogP contribution in [0.4, 0.5) is 10.1 Å². The van der Waals surface area contributed by atoms with Gasteiger partial charge in [-0.1, -0.05) is 35.4 Å². The van der Waals surface area contributed by atoms with Crippen LogP contribution in [-0.2, 0) is 22.9 Å². The second kappa shape index (κ2) is 42.8. The first-order valence-corrected chi connectivity index (χ1v) is 34.0. The summed E-state index contributed by atoms with van der Waals surface area (Å²) in [5, 5.41) is 0.345. The van der Waals surface area contributed by atoms with Crippen molar-refractivity contribution in [2.45, 2.75) is 43.5 Å². The number of aryl methyl sites for hydroxylation is 3. The van der Waals surface area contributed by atoms with Gasteiger partial charge in [-0.05, 0) is 74.6 Å². The molecule has 360 valence electrons. The van der Waals surface area contributed by atoms with Crippen LogP contribution in [-0.4, -0.2) is 501 Å². The van der Waals surface area contributed by atoms with E-state index in [1.165, 1.54) is 10.4 Å². The molecule has 0 saturated carbocycles. The van der Waals surface area contributed by atoms with E-state index in [0.29, 0.717) is 42.0 Å². The fraction of sp³-hybridized carbons (Fsp3) is 0.261. The van der Waals surface area contributed by atoms with Gasteiger partial charge in [0.05, 0.1) is 16.3 Å². The molecule has 4 nitrogen and oxygen atoms in total. The molecule has 1 unspecified atom stereocenters. The Kier molecular flexibility index (Phi) is 41.1. The zero-order chi connectivity index (χ0) is 75.4.